The van der Waals surface area contributed by atoms with E-state index in [1.165, 1.54) is 30.2 Å². The zero-order valence-corrected chi connectivity index (χ0v) is 9.37. The highest BCUT2D eigenvalue weighted by Gasteiger charge is 2.19. The summed E-state index contributed by atoms with van der Waals surface area (Å²) < 4.78 is 0. The SMILES string of the molecule is c1cnc2[nH]cc(CNCCC3CC3)c2c1. The van der Waals surface area contributed by atoms with Crippen molar-refractivity contribution in [3.8, 4) is 0 Å². The van der Waals surface area contributed by atoms with Crippen LogP contribution in [0.5, 0.6) is 0 Å². The van der Waals surface area contributed by atoms with Crippen LogP contribution in [0.1, 0.15) is 24.8 Å². The molecule has 2 heterocycles. The summed E-state index contributed by atoms with van der Waals surface area (Å²) in [6, 6.07) is 4.11. The van der Waals surface area contributed by atoms with Gasteiger partial charge in [0.2, 0.25) is 0 Å². The van der Waals surface area contributed by atoms with Crippen LogP contribution in [0, 0.1) is 5.92 Å². The van der Waals surface area contributed by atoms with Crippen molar-refractivity contribution in [1.82, 2.24) is 15.3 Å². The number of aromatic nitrogens is 2. The largest absolute Gasteiger partial charge is 0.346 e. The molecule has 0 unspecified atom stereocenters. The Balaban J connectivity index is 1.60. The van der Waals surface area contributed by atoms with E-state index in [-0.39, 0.29) is 0 Å². The van der Waals surface area contributed by atoms with E-state index in [2.05, 4.69) is 27.5 Å². The Morgan fingerprint density at radius 1 is 1.44 bits per heavy atom. The Labute approximate surface area is 95.3 Å². The number of H-pyrrole nitrogens is 1. The highest BCUT2D eigenvalue weighted by molar-refractivity contribution is 5.79. The van der Waals surface area contributed by atoms with Gasteiger partial charge < -0.3 is 10.3 Å². The lowest BCUT2D eigenvalue weighted by Crippen LogP contribution is -2.14. The molecule has 1 saturated carbocycles. The average Bonchev–Trinajstić information content (AvgIpc) is 3.05. The van der Waals surface area contributed by atoms with Gasteiger partial charge in [0, 0.05) is 24.3 Å². The Hall–Kier alpha value is -1.35. The first-order chi connectivity index (χ1) is 7.93. The number of aromatic amines is 1. The highest BCUT2D eigenvalue weighted by Crippen LogP contribution is 2.31. The van der Waals surface area contributed by atoms with Crippen LogP contribution in [0.25, 0.3) is 11.0 Å². The normalized spacial score (nSPS) is 15.8. The zero-order valence-electron chi connectivity index (χ0n) is 9.37. The molecular formula is C13H17N3. The summed E-state index contributed by atoms with van der Waals surface area (Å²) in [6.45, 7) is 2.08. The predicted octanol–water partition coefficient (Wildman–Crippen LogP) is 2.45. The Morgan fingerprint density at radius 3 is 3.25 bits per heavy atom. The fraction of sp³-hybridized carbons (Fsp3) is 0.462. The van der Waals surface area contributed by atoms with Gasteiger partial charge in [-0.3, -0.25) is 0 Å². The molecule has 0 aromatic carbocycles. The molecule has 16 heavy (non-hydrogen) atoms. The van der Waals surface area contributed by atoms with Crippen molar-refractivity contribution in [3.05, 3.63) is 30.1 Å². The van der Waals surface area contributed by atoms with Crippen molar-refractivity contribution in [2.75, 3.05) is 6.54 Å². The molecule has 2 N–H and O–H groups in total. The Kier molecular flexibility index (Phi) is 2.62. The molecule has 2 aromatic heterocycles. The van der Waals surface area contributed by atoms with Gasteiger partial charge in [-0.25, -0.2) is 4.98 Å². The van der Waals surface area contributed by atoms with Crippen LogP contribution in [0.2, 0.25) is 0 Å². The van der Waals surface area contributed by atoms with Crippen molar-refractivity contribution in [2.24, 2.45) is 5.92 Å². The Bertz CT molecular complexity index is 471. The lowest BCUT2D eigenvalue weighted by Gasteiger charge is -2.02. The summed E-state index contributed by atoms with van der Waals surface area (Å²) in [5.41, 5.74) is 2.31. The Morgan fingerprint density at radius 2 is 2.38 bits per heavy atom. The molecule has 0 radical (unpaired) electrons. The zero-order chi connectivity index (χ0) is 10.8. The van der Waals surface area contributed by atoms with E-state index in [1.807, 2.05) is 12.3 Å². The minimum absolute atomic E-state index is 0.943. The lowest BCUT2D eigenvalue weighted by molar-refractivity contribution is 0.614. The third-order valence-electron chi connectivity index (χ3n) is 3.28. The topological polar surface area (TPSA) is 40.7 Å². The van der Waals surface area contributed by atoms with Crippen molar-refractivity contribution >= 4 is 11.0 Å². The van der Waals surface area contributed by atoms with Crippen LogP contribution in [0.4, 0.5) is 0 Å². The number of nitrogens with one attached hydrogen (secondary N) is 2. The van der Waals surface area contributed by atoms with E-state index >= 15 is 0 Å². The molecule has 0 amide bonds. The molecule has 3 heteroatoms. The molecule has 2 aromatic rings. The number of nitrogens with zero attached hydrogens (tertiary/aromatic N) is 1. The van der Waals surface area contributed by atoms with Crippen LogP contribution in [-0.2, 0) is 6.54 Å². The minimum atomic E-state index is 0.943. The molecule has 0 bridgehead atoms. The first-order valence-corrected chi connectivity index (χ1v) is 6.05. The molecule has 1 aliphatic carbocycles. The minimum Gasteiger partial charge on any atom is -0.346 e. The maximum Gasteiger partial charge on any atom is 0.137 e. The van der Waals surface area contributed by atoms with Crippen LogP contribution in [-0.4, -0.2) is 16.5 Å². The fourth-order valence-electron chi connectivity index (χ4n) is 2.09. The fourth-order valence-corrected chi connectivity index (χ4v) is 2.09. The quantitative estimate of drug-likeness (QED) is 0.752. The van der Waals surface area contributed by atoms with Crippen molar-refractivity contribution < 1.29 is 0 Å². The lowest BCUT2D eigenvalue weighted by atomic mass is 10.2. The van der Waals surface area contributed by atoms with Gasteiger partial charge in [0.05, 0.1) is 0 Å². The van der Waals surface area contributed by atoms with E-state index < -0.39 is 0 Å². The predicted molar refractivity (Wildman–Crippen MR) is 65.1 cm³/mol. The van der Waals surface area contributed by atoms with Crippen LogP contribution in [0.15, 0.2) is 24.5 Å². The molecule has 0 saturated heterocycles. The molecule has 3 nitrogen and oxygen atoms in total. The molecular weight excluding hydrogens is 198 g/mol. The second-order valence-corrected chi connectivity index (χ2v) is 4.62. The van der Waals surface area contributed by atoms with E-state index in [1.54, 1.807) is 0 Å². The second kappa shape index (κ2) is 4.26. The number of fused-ring (bicyclic) bond motifs is 1. The maximum absolute atomic E-state index is 4.28. The number of hydrogen-bond donors (Lipinski definition) is 2. The van der Waals surface area contributed by atoms with Gasteiger partial charge in [-0.05, 0) is 36.6 Å². The molecule has 1 aliphatic rings. The van der Waals surface area contributed by atoms with Crippen LogP contribution >= 0.6 is 0 Å². The van der Waals surface area contributed by atoms with Gasteiger partial charge in [-0.15, -0.1) is 0 Å². The van der Waals surface area contributed by atoms with Gasteiger partial charge in [0.1, 0.15) is 5.65 Å². The monoisotopic (exact) mass is 215 g/mol. The van der Waals surface area contributed by atoms with Gasteiger partial charge >= 0.3 is 0 Å². The first-order valence-electron chi connectivity index (χ1n) is 6.05. The van der Waals surface area contributed by atoms with Gasteiger partial charge in [-0.1, -0.05) is 12.8 Å². The van der Waals surface area contributed by atoms with E-state index in [0.29, 0.717) is 0 Å². The number of hydrogen-bond acceptors (Lipinski definition) is 2. The van der Waals surface area contributed by atoms with Crippen LogP contribution < -0.4 is 5.32 Å². The second-order valence-electron chi connectivity index (χ2n) is 4.62. The summed E-state index contributed by atoms with van der Waals surface area (Å²) in [4.78, 5) is 7.48. The average molecular weight is 215 g/mol. The molecule has 3 rings (SSSR count). The van der Waals surface area contributed by atoms with Crippen molar-refractivity contribution in [2.45, 2.75) is 25.8 Å². The molecule has 84 valence electrons. The van der Waals surface area contributed by atoms with Crippen LogP contribution in [0.3, 0.4) is 0 Å². The third-order valence-corrected chi connectivity index (χ3v) is 3.28. The molecule has 1 fully saturated rings. The van der Waals surface area contributed by atoms with E-state index in [9.17, 15) is 0 Å². The third kappa shape index (κ3) is 2.09. The van der Waals surface area contributed by atoms with Gasteiger partial charge in [0.15, 0.2) is 0 Å². The maximum atomic E-state index is 4.28. The van der Waals surface area contributed by atoms with E-state index in [4.69, 9.17) is 0 Å². The summed E-state index contributed by atoms with van der Waals surface area (Å²) in [5, 5.41) is 4.74. The van der Waals surface area contributed by atoms with Crippen molar-refractivity contribution in [1.29, 1.82) is 0 Å². The number of pyridine rings is 1. The first kappa shape index (κ1) is 9.85. The molecule has 0 spiro atoms. The standard InChI is InChI=1S/C13H17N3/c1-2-12-11(9-16-13(12)15-6-1)8-14-7-5-10-3-4-10/h1-2,6,9-10,14H,3-5,7-8H2,(H,15,16). The van der Waals surface area contributed by atoms with E-state index in [0.717, 1.165) is 24.7 Å². The molecule has 0 aliphatic heterocycles. The summed E-state index contributed by atoms with van der Waals surface area (Å²) in [5.74, 6) is 1.01. The smallest absolute Gasteiger partial charge is 0.137 e. The van der Waals surface area contributed by atoms with Gasteiger partial charge in [-0.2, -0.15) is 0 Å². The summed E-state index contributed by atoms with van der Waals surface area (Å²) >= 11 is 0. The van der Waals surface area contributed by atoms with Crippen molar-refractivity contribution in [3.63, 3.8) is 0 Å². The highest BCUT2D eigenvalue weighted by atomic mass is 14.9. The van der Waals surface area contributed by atoms with Gasteiger partial charge in [0.25, 0.3) is 0 Å². The number of rotatable bonds is 5. The summed E-state index contributed by atoms with van der Waals surface area (Å²) in [7, 11) is 0. The summed E-state index contributed by atoms with van der Waals surface area (Å²) in [6.07, 6.45) is 8.10. The molecule has 0 atom stereocenters.